The third-order valence-electron chi connectivity index (χ3n) is 6.03. The maximum Gasteiger partial charge on any atom is 0.226 e. The van der Waals surface area contributed by atoms with Crippen LogP contribution in [0.3, 0.4) is 0 Å². The minimum atomic E-state index is -3.18. The van der Waals surface area contributed by atoms with Gasteiger partial charge in [-0.25, -0.2) is 12.7 Å². The fraction of sp³-hybridized carbons (Fsp3) is 0.667. The van der Waals surface area contributed by atoms with Crippen molar-refractivity contribution >= 4 is 27.5 Å². The van der Waals surface area contributed by atoms with E-state index in [-0.39, 0.29) is 23.6 Å². The summed E-state index contributed by atoms with van der Waals surface area (Å²) < 4.78 is 26.3. The van der Waals surface area contributed by atoms with Gasteiger partial charge in [-0.15, -0.1) is 0 Å². The number of sulfonamides is 1. The van der Waals surface area contributed by atoms with E-state index in [4.69, 9.17) is 11.6 Å². The molecule has 2 heterocycles. The molecule has 2 aliphatic heterocycles. The Balaban J connectivity index is 1.58. The number of halogens is 1. The van der Waals surface area contributed by atoms with Crippen LogP contribution in [0.1, 0.15) is 51.0 Å². The SMILES string of the molecule is CCCCS(=O)(=O)N1CCC(C(=O)N2CCCC2Cc2ccccc2Cl)CC1. The fourth-order valence-corrected chi connectivity index (χ4v) is 6.22. The van der Waals surface area contributed by atoms with Crippen LogP contribution < -0.4 is 0 Å². The highest BCUT2D eigenvalue weighted by molar-refractivity contribution is 7.89. The Bertz CT molecular complexity index is 776. The summed E-state index contributed by atoms with van der Waals surface area (Å²) in [7, 11) is -3.18. The van der Waals surface area contributed by atoms with Gasteiger partial charge in [-0.05, 0) is 50.2 Å². The summed E-state index contributed by atoms with van der Waals surface area (Å²) in [6.45, 7) is 3.72. The highest BCUT2D eigenvalue weighted by Crippen LogP contribution is 2.29. The molecule has 0 aliphatic carbocycles. The number of carbonyl (C=O) groups excluding carboxylic acids is 1. The number of amides is 1. The van der Waals surface area contributed by atoms with E-state index in [1.54, 1.807) is 4.31 Å². The molecule has 2 fully saturated rings. The lowest BCUT2D eigenvalue weighted by atomic mass is 9.95. The van der Waals surface area contributed by atoms with Crippen molar-refractivity contribution in [1.29, 1.82) is 0 Å². The Morgan fingerprint density at radius 2 is 1.86 bits per heavy atom. The van der Waals surface area contributed by atoms with Crippen molar-refractivity contribution in [2.75, 3.05) is 25.4 Å². The van der Waals surface area contributed by atoms with Gasteiger partial charge >= 0.3 is 0 Å². The van der Waals surface area contributed by atoms with Gasteiger partial charge in [0.15, 0.2) is 0 Å². The minimum Gasteiger partial charge on any atom is -0.339 e. The second-order valence-electron chi connectivity index (χ2n) is 7.97. The Hall–Kier alpha value is -1.11. The highest BCUT2D eigenvalue weighted by Gasteiger charge is 2.36. The zero-order valence-electron chi connectivity index (χ0n) is 16.6. The first-order valence-electron chi connectivity index (χ1n) is 10.4. The molecular weight excluding hydrogens is 396 g/mol. The van der Waals surface area contributed by atoms with Crippen LogP contribution in [0.25, 0.3) is 0 Å². The number of likely N-dealkylation sites (tertiary alicyclic amines) is 1. The van der Waals surface area contributed by atoms with E-state index in [0.29, 0.717) is 32.4 Å². The summed E-state index contributed by atoms with van der Waals surface area (Å²) in [5.41, 5.74) is 1.09. The van der Waals surface area contributed by atoms with Crippen LogP contribution >= 0.6 is 11.6 Å². The van der Waals surface area contributed by atoms with Gasteiger partial charge in [0.2, 0.25) is 15.9 Å². The summed E-state index contributed by atoms with van der Waals surface area (Å²) in [6.07, 6.45) is 5.62. The van der Waals surface area contributed by atoms with E-state index < -0.39 is 10.0 Å². The maximum absolute atomic E-state index is 13.1. The first kappa shape index (κ1) is 21.6. The molecule has 0 spiro atoms. The Kier molecular flexibility index (Phi) is 7.40. The number of hydrogen-bond acceptors (Lipinski definition) is 3. The van der Waals surface area contributed by atoms with Gasteiger partial charge in [0, 0.05) is 36.6 Å². The molecule has 28 heavy (non-hydrogen) atoms. The summed E-state index contributed by atoms with van der Waals surface area (Å²) in [5.74, 6) is 0.346. The Morgan fingerprint density at radius 1 is 1.14 bits per heavy atom. The number of piperidine rings is 1. The predicted octanol–water partition coefficient (Wildman–Crippen LogP) is 3.72. The van der Waals surface area contributed by atoms with Crippen molar-refractivity contribution in [2.24, 2.45) is 5.92 Å². The van der Waals surface area contributed by atoms with Crippen molar-refractivity contribution in [3.05, 3.63) is 34.9 Å². The number of carbonyl (C=O) groups is 1. The molecule has 7 heteroatoms. The maximum atomic E-state index is 13.1. The molecule has 0 N–H and O–H groups in total. The quantitative estimate of drug-likeness (QED) is 0.667. The average Bonchev–Trinajstić information content (AvgIpc) is 3.16. The molecule has 1 aromatic carbocycles. The number of nitrogens with zero attached hydrogens (tertiary/aromatic N) is 2. The van der Waals surface area contributed by atoms with Crippen LogP contribution in [0.2, 0.25) is 5.02 Å². The third-order valence-corrected chi connectivity index (χ3v) is 8.35. The standard InChI is InChI=1S/C21H31ClN2O3S/c1-2-3-15-28(26,27)23-13-10-17(11-14-23)21(25)24-12-6-8-19(24)16-18-7-4-5-9-20(18)22/h4-5,7,9,17,19H,2-3,6,8,10-16H2,1H3. The third kappa shape index (κ3) is 5.08. The van der Waals surface area contributed by atoms with Crippen molar-refractivity contribution in [3.8, 4) is 0 Å². The van der Waals surface area contributed by atoms with E-state index in [2.05, 4.69) is 0 Å². The fourth-order valence-electron chi connectivity index (χ4n) is 4.33. The lowest BCUT2D eigenvalue weighted by Gasteiger charge is -2.34. The van der Waals surface area contributed by atoms with Crippen molar-refractivity contribution < 1.29 is 13.2 Å². The molecule has 1 amide bonds. The lowest BCUT2D eigenvalue weighted by Crippen LogP contribution is -2.46. The van der Waals surface area contributed by atoms with Crippen molar-refractivity contribution in [3.63, 3.8) is 0 Å². The topological polar surface area (TPSA) is 57.7 Å². The van der Waals surface area contributed by atoms with Crippen molar-refractivity contribution in [1.82, 2.24) is 9.21 Å². The first-order chi connectivity index (χ1) is 13.4. The summed E-state index contributed by atoms with van der Waals surface area (Å²) >= 11 is 6.31. The van der Waals surface area contributed by atoms with E-state index in [1.807, 2.05) is 36.1 Å². The van der Waals surface area contributed by atoms with Gasteiger partial charge < -0.3 is 4.90 Å². The molecular formula is C21H31ClN2O3S. The molecule has 3 rings (SSSR count). The largest absolute Gasteiger partial charge is 0.339 e. The molecule has 1 aromatic rings. The molecule has 0 aromatic heterocycles. The van der Waals surface area contributed by atoms with Gasteiger partial charge in [-0.1, -0.05) is 43.1 Å². The summed E-state index contributed by atoms with van der Waals surface area (Å²) in [6, 6.07) is 8.03. The summed E-state index contributed by atoms with van der Waals surface area (Å²) in [5, 5.41) is 0.757. The molecule has 156 valence electrons. The normalized spacial score (nSPS) is 21.9. The number of unbranched alkanes of at least 4 members (excludes halogenated alkanes) is 1. The summed E-state index contributed by atoms with van der Waals surface area (Å²) in [4.78, 5) is 15.2. The van der Waals surface area contributed by atoms with Crippen LogP contribution in [0.4, 0.5) is 0 Å². The smallest absolute Gasteiger partial charge is 0.226 e. The molecule has 5 nitrogen and oxygen atoms in total. The van der Waals surface area contributed by atoms with Gasteiger partial charge in [-0.3, -0.25) is 4.79 Å². The molecule has 1 atom stereocenters. The van der Waals surface area contributed by atoms with E-state index >= 15 is 0 Å². The van der Waals surface area contributed by atoms with Gasteiger partial charge in [0.1, 0.15) is 0 Å². The van der Waals surface area contributed by atoms with Crippen LogP contribution in [0.5, 0.6) is 0 Å². The monoisotopic (exact) mass is 426 g/mol. The molecule has 0 saturated carbocycles. The zero-order valence-corrected chi connectivity index (χ0v) is 18.2. The van der Waals surface area contributed by atoms with E-state index in [1.165, 1.54) is 0 Å². The number of rotatable bonds is 7. The predicted molar refractivity (Wildman–Crippen MR) is 113 cm³/mol. The second kappa shape index (κ2) is 9.59. The van der Waals surface area contributed by atoms with Gasteiger partial charge in [-0.2, -0.15) is 0 Å². The highest BCUT2D eigenvalue weighted by atomic mass is 35.5. The van der Waals surface area contributed by atoms with E-state index in [9.17, 15) is 13.2 Å². The van der Waals surface area contributed by atoms with Crippen LogP contribution in [-0.4, -0.2) is 55.0 Å². The number of hydrogen-bond donors (Lipinski definition) is 0. The Morgan fingerprint density at radius 3 is 2.54 bits per heavy atom. The van der Waals surface area contributed by atoms with Gasteiger partial charge in [0.25, 0.3) is 0 Å². The van der Waals surface area contributed by atoms with Crippen LogP contribution in [0.15, 0.2) is 24.3 Å². The molecule has 2 saturated heterocycles. The molecule has 0 radical (unpaired) electrons. The molecule has 0 bridgehead atoms. The average molecular weight is 427 g/mol. The van der Waals surface area contributed by atoms with E-state index in [0.717, 1.165) is 42.8 Å². The number of benzene rings is 1. The second-order valence-corrected chi connectivity index (χ2v) is 10.5. The van der Waals surface area contributed by atoms with Crippen molar-refractivity contribution in [2.45, 2.75) is 57.9 Å². The van der Waals surface area contributed by atoms with Crippen LogP contribution in [0, 0.1) is 5.92 Å². The first-order valence-corrected chi connectivity index (χ1v) is 12.4. The van der Waals surface area contributed by atoms with Gasteiger partial charge in [0.05, 0.1) is 5.75 Å². The molecule has 2 aliphatic rings. The Labute approximate surface area is 174 Å². The zero-order chi connectivity index (χ0) is 20.1. The molecule has 1 unspecified atom stereocenters. The lowest BCUT2D eigenvalue weighted by molar-refractivity contribution is -0.137. The van der Waals surface area contributed by atoms with Crippen LogP contribution in [-0.2, 0) is 21.2 Å². The minimum absolute atomic E-state index is 0.0653.